The van der Waals surface area contributed by atoms with Gasteiger partial charge in [0.25, 0.3) is 5.91 Å². The highest BCUT2D eigenvalue weighted by atomic mass is 16.5. The maximum Gasteiger partial charge on any atom is 0.338 e. The molecule has 2 heterocycles. The second-order valence-corrected chi connectivity index (χ2v) is 7.50. The number of esters is 1. The molecule has 2 aromatic carbocycles. The highest BCUT2D eigenvalue weighted by Crippen LogP contribution is 2.37. The number of hydrogen-bond acceptors (Lipinski definition) is 5. The number of hydrogen-bond donors (Lipinski definition) is 2. The van der Waals surface area contributed by atoms with E-state index in [0.29, 0.717) is 16.9 Å². The predicted molar refractivity (Wildman–Crippen MR) is 110 cm³/mol. The van der Waals surface area contributed by atoms with Gasteiger partial charge in [0.05, 0.1) is 16.9 Å². The summed E-state index contributed by atoms with van der Waals surface area (Å²) in [4.78, 5) is 38.8. The van der Waals surface area contributed by atoms with Gasteiger partial charge in [0.2, 0.25) is 5.91 Å². The molecular formula is C22H23N3O4. The van der Waals surface area contributed by atoms with E-state index >= 15 is 0 Å². The molecule has 0 spiro atoms. The fourth-order valence-electron chi connectivity index (χ4n) is 3.79. The molecule has 4 rings (SSSR count). The number of benzene rings is 2. The lowest BCUT2D eigenvalue weighted by Crippen LogP contribution is -2.43. The summed E-state index contributed by atoms with van der Waals surface area (Å²) in [6, 6.07) is 10.5. The van der Waals surface area contributed by atoms with Gasteiger partial charge in [-0.05, 0) is 68.1 Å². The minimum atomic E-state index is -0.610. The Balaban J connectivity index is 1.39. The molecule has 7 heteroatoms. The van der Waals surface area contributed by atoms with Gasteiger partial charge in [-0.2, -0.15) is 0 Å². The summed E-state index contributed by atoms with van der Waals surface area (Å²) < 4.78 is 5.14. The number of carbonyl (C=O) groups is 3. The van der Waals surface area contributed by atoms with E-state index in [4.69, 9.17) is 4.74 Å². The number of rotatable bonds is 4. The fourth-order valence-corrected chi connectivity index (χ4v) is 3.79. The van der Waals surface area contributed by atoms with Gasteiger partial charge < -0.3 is 20.3 Å². The van der Waals surface area contributed by atoms with Crippen LogP contribution in [0.2, 0.25) is 0 Å². The van der Waals surface area contributed by atoms with E-state index in [-0.39, 0.29) is 18.6 Å². The highest BCUT2D eigenvalue weighted by Gasteiger charge is 2.36. The van der Waals surface area contributed by atoms with E-state index in [9.17, 15) is 14.4 Å². The minimum absolute atomic E-state index is 0.0479. The Morgan fingerprint density at radius 1 is 1.17 bits per heavy atom. The molecule has 2 aromatic rings. The first-order chi connectivity index (χ1) is 13.9. The van der Waals surface area contributed by atoms with Crippen molar-refractivity contribution >= 4 is 34.8 Å². The monoisotopic (exact) mass is 393 g/mol. The molecule has 29 heavy (non-hydrogen) atoms. The van der Waals surface area contributed by atoms with Crippen molar-refractivity contribution in [3.8, 4) is 0 Å². The summed E-state index contributed by atoms with van der Waals surface area (Å²) in [5.41, 5.74) is 4.66. The third-order valence-electron chi connectivity index (χ3n) is 5.48. The standard InChI is InChI=1S/C22H23N3O4/c1-13-5-7-16(10-14(13)2)23-20(26)12-29-22(28)15-6-8-18-17(11-15)24-21(27)19-4-3-9-25(18)19/h5-8,10-11,19H,3-4,9,12H2,1-2H3,(H,23,26)(H,24,27)/t19-/m1/s1. The van der Waals surface area contributed by atoms with Gasteiger partial charge >= 0.3 is 5.97 Å². The lowest BCUT2D eigenvalue weighted by Gasteiger charge is -2.33. The first-order valence-electron chi connectivity index (χ1n) is 9.68. The minimum Gasteiger partial charge on any atom is -0.452 e. The molecule has 150 valence electrons. The Kier molecular flexibility index (Phi) is 4.96. The van der Waals surface area contributed by atoms with E-state index < -0.39 is 11.9 Å². The first kappa shape index (κ1) is 19.0. The SMILES string of the molecule is Cc1ccc(NC(=O)COC(=O)c2ccc3c(c2)NC(=O)[C@H]2CCCN32)cc1C. The lowest BCUT2D eigenvalue weighted by atomic mass is 10.1. The smallest absolute Gasteiger partial charge is 0.338 e. The zero-order valence-corrected chi connectivity index (χ0v) is 16.5. The van der Waals surface area contributed by atoms with Crippen LogP contribution in [0.5, 0.6) is 0 Å². The van der Waals surface area contributed by atoms with Gasteiger partial charge in [0.15, 0.2) is 6.61 Å². The van der Waals surface area contributed by atoms with Gasteiger partial charge in [0, 0.05) is 12.2 Å². The Hall–Kier alpha value is -3.35. The van der Waals surface area contributed by atoms with Crippen molar-refractivity contribution in [1.82, 2.24) is 0 Å². The number of anilines is 3. The molecule has 0 aromatic heterocycles. The average Bonchev–Trinajstić information content (AvgIpc) is 3.19. The van der Waals surface area contributed by atoms with Crippen molar-refractivity contribution < 1.29 is 19.1 Å². The fraction of sp³-hybridized carbons (Fsp3) is 0.318. The van der Waals surface area contributed by atoms with Crippen molar-refractivity contribution in [1.29, 1.82) is 0 Å². The number of amides is 2. The van der Waals surface area contributed by atoms with Crippen molar-refractivity contribution in [3.63, 3.8) is 0 Å². The average molecular weight is 393 g/mol. The van der Waals surface area contributed by atoms with Crippen LogP contribution < -0.4 is 15.5 Å². The van der Waals surface area contributed by atoms with Crippen LogP contribution in [0.3, 0.4) is 0 Å². The van der Waals surface area contributed by atoms with E-state index in [1.54, 1.807) is 18.2 Å². The quantitative estimate of drug-likeness (QED) is 0.780. The molecule has 0 bridgehead atoms. The Morgan fingerprint density at radius 2 is 2.00 bits per heavy atom. The predicted octanol–water partition coefficient (Wildman–Crippen LogP) is 3.02. The van der Waals surface area contributed by atoms with Gasteiger partial charge in [-0.1, -0.05) is 6.07 Å². The first-order valence-corrected chi connectivity index (χ1v) is 9.68. The molecule has 2 aliphatic rings. The maximum atomic E-state index is 12.4. The second-order valence-electron chi connectivity index (χ2n) is 7.50. The molecule has 0 radical (unpaired) electrons. The number of nitrogens with zero attached hydrogens (tertiary/aromatic N) is 1. The summed E-state index contributed by atoms with van der Waals surface area (Å²) in [6.45, 7) is 4.40. The highest BCUT2D eigenvalue weighted by molar-refractivity contribution is 6.05. The van der Waals surface area contributed by atoms with Gasteiger partial charge in [0.1, 0.15) is 6.04 Å². The summed E-state index contributed by atoms with van der Waals surface area (Å²) in [5.74, 6) is -1.07. The molecule has 0 saturated carbocycles. The zero-order chi connectivity index (χ0) is 20.5. The molecule has 0 unspecified atom stereocenters. The Morgan fingerprint density at radius 3 is 2.79 bits per heavy atom. The zero-order valence-electron chi connectivity index (χ0n) is 16.5. The molecule has 1 saturated heterocycles. The molecule has 1 fully saturated rings. The Bertz CT molecular complexity index is 1000. The van der Waals surface area contributed by atoms with E-state index in [1.807, 2.05) is 32.0 Å². The van der Waals surface area contributed by atoms with Crippen LogP contribution >= 0.6 is 0 Å². The van der Waals surface area contributed by atoms with Crippen LogP contribution in [0, 0.1) is 13.8 Å². The third-order valence-corrected chi connectivity index (χ3v) is 5.48. The molecular weight excluding hydrogens is 370 g/mol. The molecule has 2 aliphatic heterocycles. The van der Waals surface area contributed by atoms with Crippen LogP contribution in [0.1, 0.15) is 34.3 Å². The number of ether oxygens (including phenoxy) is 1. The van der Waals surface area contributed by atoms with E-state index in [0.717, 1.165) is 36.2 Å². The summed E-state index contributed by atoms with van der Waals surface area (Å²) in [6.07, 6.45) is 1.81. The van der Waals surface area contributed by atoms with Gasteiger partial charge in [-0.15, -0.1) is 0 Å². The van der Waals surface area contributed by atoms with E-state index in [2.05, 4.69) is 15.5 Å². The summed E-state index contributed by atoms with van der Waals surface area (Å²) >= 11 is 0. The maximum absolute atomic E-state index is 12.4. The van der Waals surface area contributed by atoms with Crippen molar-refractivity contribution in [2.24, 2.45) is 0 Å². The largest absolute Gasteiger partial charge is 0.452 e. The van der Waals surface area contributed by atoms with Crippen molar-refractivity contribution in [3.05, 3.63) is 53.1 Å². The molecule has 2 amide bonds. The van der Waals surface area contributed by atoms with Gasteiger partial charge in [-0.25, -0.2) is 4.79 Å². The summed E-state index contributed by atoms with van der Waals surface area (Å²) in [5, 5.41) is 5.58. The number of nitrogens with one attached hydrogen (secondary N) is 2. The van der Waals surface area contributed by atoms with E-state index in [1.165, 1.54) is 0 Å². The Labute approximate surface area is 169 Å². The number of aryl methyl sites for hydroxylation is 2. The van der Waals surface area contributed by atoms with Crippen LogP contribution in [0.25, 0.3) is 0 Å². The van der Waals surface area contributed by atoms with Crippen LogP contribution in [-0.2, 0) is 14.3 Å². The normalized spacial score (nSPS) is 17.2. The van der Waals surface area contributed by atoms with Crippen LogP contribution in [-0.4, -0.2) is 37.0 Å². The van der Waals surface area contributed by atoms with Crippen LogP contribution in [0.4, 0.5) is 17.1 Å². The summed E-state index contributed by atoms with van der Waals surface area (Å²) in [7, 11) is 0. The molecule has 0 aliphatic carbocycles. The van der Waals surface area contributed by atoms with Gasteiger partial charge in [-0.3, -0.25) is 9.59 Å². The second kappa shape index (κ2) is 7.58. The number of carbonyl (C=O) groups excluding carboxylic acids is 3. The van der Waals surface area contributed by atoms with Crippen molar-refractivity contribution in [2.75, 3.05) is 28.7 Å². The lowest BCUT2D eigenvalue weighted by molar-refractivity contribution is -0.119. The topological polar surface area (TPSA) is 87.7 Å². The molecule has 7 nitrogen and oxygen atoms in total. The molecule has 2 N–H and O–H groups in total. The molecule has 1 atom stereocenters. The van der Waals surface area contributed by atoms with Crippen molar-refractivity contribution in [2.45, 2.75) is 32.7 Å². The van der Waals surface area contributed by atoms with Crippen LogP contribution in [0.15, 0.2) is 36.4 Å². The number of fused-ring (bicyclic) bond motifs is 3. The third kappa shape index (κ3) is 3.81.